The van der Waals surface area contributed by atoms with Crippen molar-refractivity contribution in [2.75, 3.05) is 43.3 Å². The van der Waals surface area contributed by atoms with Crippen LogP contribution in [0.25, 0.3) is 0 Å². The number of piperazine rings is 1. The molecule has 134 valence electrons. The minimum atomic E-state index is -3.60. The number of anilines is 1. The number of rotatable bonds is 5. The molecule has 1 fully saturated rings. The minimum absolute atomic E-state index is 0.175. The summed E-state index contributed by atoms with van der Waals surface area (Å²) < 4.78 is 25.7. The van der Waals surface area contributed by atoms with E-state index in [9.17, 15) is 13.2 Å². The number of likely N-dealkylation sites (N-methyl/N-ethyl adjacent to an activating group) is 1. The van der Waals surface area contributed by atoms with Crippen LogP contribution in [0.2, 0.25) is 5.02 Å². The molecule has 2 rings (SSSR count). The summed E-state index contributed by atoms with van der Waals surface area (Å²) in [6, 6.07) is 5.66. The van der Waals surface area contributed by atoms with Crippen molar-refractivity contribution < 1.29 is 13.2 Å². The van der Waals surface area contributed by atoms with Gasteiger partial charge in [0.1, 0.15) is 6.04 Å². The lowest BCUT2D eigenvalue weighted by molar-refractivity contribution is -0.133. The molecule has 8 heteroatoms. The highest BCUT2D eigenvalue weighted by Gasteiger charge is 2.33. The average Bonchev–Trinajstić information content (AvgIpc) is 2.55. The lowest BCUT2D eigenvalue weighted by Crippen LogP contribution is -2.55. The molecule has 1 heterocycles. The zero-order chi connectivity index (χ0) is 17.9. The highest BCUT2D eigenvalue weighted by atomic mass is 35.5. The molecule has 6 nitrogen and oxygen atoms in total. The van der Waals surface area contributed by atoms with E-state index in [0.29, 0.717) is 23.8 Å². The molecule has 1 aromatic rings. The summed E-state index contributed by atoms with van der Waals surface area (Å²) in [5.74, 6) is -0.175. The Balaban J connectivity index is 2.20. The molecule has 1 aliphatic rings. The second kappa shape index (κ2) is 7.72. The first kappa shape index (κ1) is 19.0. The molecule has 1 aliphatic heterocycles. The predicted octanol–water partition coefficient (Wildman–Crippen LogP) is 1.66. The van der Waals surface area contributed by atoms with Crippen LogP contribution in [0.3, 0.4) is 0 Å². The van der Waals surface area contributed by atoms with E-state index in [4.69, 9.17) is 11.6 Å². The third kappa shape index (κ3) is 4.40. The van der Waals surface area contributed by atoms with Crippen molar-refractivity contribution in [2.45, 2.75) is 19.9 Å². The van der Waals surface area contributed by atoms with E-state index in [-0.39, 0.29) is 5.91 Å². The smallest absolute Gasteiger partial charge is 0.246 e. The standard InChI is InChI=1S/C16H24ClN3O3S/c1-4-18-9-11-19(12-10-18)16(21)13(2)20(24(3,22)23)15-7-5-14(17)6-8-15/h5-8,13H,4,9-12H2,1-3H3/t13-/m1/s1. The highest BCUT2D eigenvalue weighted by Crippen LogP contribution is 2.24. The number of benzene rings is 1. The zero-order valence-electron chi connectivity index (χ0n) is 14.3. The van der Waals surface area contributed by atoms with Gasteiger partial charge < -0.3 is 9.80 Å². The Kier molecular flexibility index (Phi) is 6.11. The van der Waals surface area contributed by atoms with Crippen LogP contribution in [0.1, 0.15) is 13.8 Å². The van der Waals surface area contributed by atoms with Crippen molar-refractivity contribution in [2.24, 2.45) is 0 Å². The van der Waals surface area contributed by atoms with Gasteiger partial charge in [0.05, 0.1) is 11.9 Å². The van der Waals surface area contributed by atoms with Gasteiger partial charge >= 0.3 is 0 Å². The predicted molar refractivity (Wildman–Crippen MR) is 96.9 cm³/mol. The topological polar surface area (TPSA) is 60.9 Å². The van der Waals surface area contributed by atoms with Gasteiger partial charge in [-0.3, -0.25) is 9.10 Å². The van der Waals surface area contributed by atoms with E-state index < -0.39 is 16.1 Å². The molecule has 0 radical (unpaired) electrons. The molecule has 1 saturated heterocycles. The maximum Gasteiger partial charge on any atom is 0.246 e. The van der Waals surface area contributed by atoms with Gasteiger partial charge in [-0.1, -0.05) is 18.5 Å². The monoisotopic (exact) mass is 373 g/mol. The molecule has 0 aliphatic carbocycles. The maximum atomic E-state index is 12.8. The molecular formula is C16H24ClN3O3S. The maximum absolute atomic E-state index is 12.8. The Morgan fingerprint density at radius 3 is 2.21 bits per heavy atom. The van der Waals surface area contributed by atoms with Crippen molar-refractivity contribution in [1.82, 2.24) is 9.80 Å². The Morgan fingerprint density at radius 1 is 1.21 bits per heavy atom. The lowest BCUT2D eigenvalue weighted by Gasteiger charge is -2.37. The second-order valence-corrected chi connectivity index (χ2v) is 8.27. The van der Waals surface area contributed by atoms with E-state index >= 15 is 0 Å². The number of amides is 1. The Hall–Kier alpha value is -1.31. The van der Waals surface area contributed by atoms with Crippen molar-refractivity contribution in [3.8, 4) is 0 Å². The van der Waals surface area contributed by atoms with Crippen LogP contribution in [-0.2, 0) is 14.8 Å². The Bertz CT molecular complexity index is 670. The first-order chi connectivity index (χ1) is 11.2. The first-order valence-corrected chi connectivity index (χ1v) is 10.2. The number of hydrogen-bond donors (Lipinski definition) is 0. The van der Waals surface area contributed by atoms with Crippen molar-refractivity contribution in [3.63, 3.8) is 0 Å². The van der Waals surface area contributed by atoms with Gasteiger partial charge in [0, 0.05) is 31.2 Å². The van der Waals surface area contributed by atoms with Crippen LogP contribution < -0.4 is 4.31 Å². The summed E-state index contributed by atoms with van der Waals surface area (Å²) in [5, 5.41) is 0.516. The Labute approximate surface area is 149 Å². The number of carbonyl (C=O) groups excluding carboxylic acids is 1. The van der Waals surface area contributed by atoms with Gasteiger partial charge in [0.15, 0.2) is 0 Å². The minimum Gasteiger partial charge on any atom is -0.338 e. The fourth-order valence-electron chi connectivity index (χ4n) is 2.94. The molecule has 1 atom stereocenters. The number of sulfonamides is 1. The molecule has 0 unspecified atom stereocenters. The zero-order valence-corrected chi connectivity index (χ0v) is 15.8. The molecule has 0 saturated carbocycles. The van der Waals surface area contributed by atoms with E-state index in [1.54, 1.807) is 36.1 Å². The highest BCUT2D eigenvalue weighted by molar-refractivity contribution is 7.92. The van der Waals surface area contributed by atoms with Crippen LogP contribution in [-0.4, -0.2) is 69.1 Å². The summed E-state index contributed by atoms with van der Waals surface area (Å²) in [7, 11) is -3.60. The van der Waals surface area contributed by atoms with Crippen LogP contribution >= 0.6 is 11.6 Å². The van der Waals surface area contributed by atoms with Crippen molar-refractivity contribution >= 4 is 33.2 Å². The fraction of sp³-hybridized carbons (Fsp3) is 0.562. The molecule has 0 spiro atoms. The first-order valence-electron chi connectivity index (χ1n) is 8.00. The Morgan fingerprint density at radius 2 is 1.75 bits per heavy atom. The third-order valence-corrected chi connectivity index (χ3v) is 5.77. The summed E-state index contributed by atoms with van der Waals surface area (Å²) in [4.78, 5) is 16.8. The van der Waals surface area contributed by atoms with Crippen LogP contribution in [0.5, 0.6) is 0 Å². The number of carbonyl (C=O) groups is 1. The van der Waals surface area contributed by atoms with Crippen LogP contribution in [0.4, 0.5) is 5.69 Å². The molecule has 0 N–H and O–H groups in total. The van der Waals surface area contributed by atoms with E-state index in [1.165, 1.54) is 0 Å². The fourth-order valence-corrected chi connectivity index (χ4v) is 4.23. The van der Waals surface area contributed by atoms with Crippen molar-refractivity contribution in [3.05, 3.63) is 29.3 Å². The van der Waals surface area contributed by atoms with Gasteiger partial charge in [-0.25, -0.2) is 8.42 Å². The molecule has 0 bridgehead atoms. The number of halogens is 1. The van der Waals surface area contributed by atoms with E-state index in [1.807, 2.05) is 0 Å². The number of nitrogens with zero attached hydrogens (tertiary/aromatic N) is 3. The summed E-state index contributed by atoms with van der Waals surface area (Å²) in [6.45, 7) is 7.54. The lowest BCUT2D eigenvalue weighted by atomic mass is 10.2. The molecular weight excluding hydrogens is 350 g/mol. The third-order valence-electron chi connectivity index (χ3n) is 4.28. The van der Waals surface area contributed by atoms with Gasteiger partial charge in [-0.2, -0.15) is 0 Å². The van der Waals surface area contributed by atoms with Crippen LogP contribution in [0.15, 0.2) is 24.3 Å². The van der Waals surface area contributed by atoms with Gasteiger partial charge in [0.25, 0.3) is 0 Å². The average molecular weight is 374 g/mol. The quantitative estimate of drug-likeness (QED) is 0.787. The summed E-state index contributed by atoms with van der Waals surface area (Å²) >= 11 is 5.87. The summed E-state index contributed by atoms with van der Waals surface area (Å²) in [5.41, 5.74) is 0.440. The van der Waals surface area contributed by atoms with Gasteiger partial charge in [-0.15, -0.1) is 0 Å². The normalized spacial score (nSPS) is 17.6. The molecule has 1 amide bonds. The molecule has 24 heavy (non-hydrogen) atoms. The van der Waals surface area contributed by atoms with Crippen molar-refractivity contribution in [1.29, 1.82) is 0 Å². The second-order valence-electron chi connectivity index (χ2n) is 5.97. The summed E-state index contributed by atoms with van der Waals surface area (Å²) in [6.07, 6.45) is 1.11. The number of hydrogen-bond acceptors (Lipinski definition) is 4. The molecule has 0 aromatic heterocycles. The van der Waals surface area contributed by atoms with E-state index in [0.717, 1.165) is 30.2 Å². The SMILES string of the molecule is CCN1CCN(C(=O)[C@@H](C)N(c2ccc(Cl)cc2)S(C)(=O)=O)CC1. The van der Waals surface area contributed by atoms with E-state index in [2.05, 4.69) is 11.8 Å². The van der Waals surface area contributed by atoms with Gasteiger partial charge in [-0.05, 0) is 37.7 Å². The van der Waals surface area contributed by atoms with Gasteiger partial charge in [0.2, 0.25) is 15.9 Å². The largest absolute Gasteiger partial charge is 0.338 e. The molecule has 1 aromatic carbocycles. The van der Waals surface area contributed by atoms with Crippen LogP contribution in [0, 0.1) is 0 Å².